The van der Waals surface area contributed by atoms with E-state index in [0.717, 1.165) is 48.0 Å². The van der Waals surface area contributed by atoms with Crippen molar-refractivity contribution in [1.82, 2.24) is 24.8 Å². The Hall–Kier alpha value is -2.32. The van der Waals surface area contributed by atoms with Gasteiger partial charge in [0.25, 0.3) is 0 Å². The quantitative estimate of drug-likeness (QED) is 0.443. The standard InChI is InChI=1S/C25H27B6N7O/c1-14-11-15-12-33-21(35-20(15)37(14)17-7-2-3-8-17)34-19-10-9-18(13-32-19)38-24(29,30)23(27,28)36-22(26,25(38,31)39)16-5-4-6-16/h9-13,16-17,36,39H,2-8H2,1H3,(H,32,33,34,35). The van der Waals surface area contributed by atoms with Gasteiger partial charge in [0, 0.05) is 28.8 Å². The lowest BCUT2D eigenvalue weighted by atomic mass is 9.32. The summed E-state index contributed by atoms with van der Waals surface area (Å²) in [6, 6.07) is 5.90. The fourth-order valence-electron chi connectivity index (χ4n) is 6.39. The van der Waals surface area contributed by atoms with Gasteiger partial charge in [0.2, 0.25) is 5.95 Å². The molecular formula is C25H27B6N7O. The number of rotatable bonds is 5. The largest absolute Gasteiger partial charge is 0.379 e. The highest BCUT2D eigenvalue weighted by Crippen LogP contribution is 2.48. The van der Waals surface area contributed by atoms with Gasteiger partial charge in [-0.25, -0.2) is 9.97 Å². The van der Waals surface area contributed by atoms with E-state index in [0.29, 0.717) is 17.8 Å². The molecule has 2 saturated carbocycles. The molecule has 0 bridgehead atoms. The van der Waals surface area contributed by atoms with Gasteiger partial charge in [-0.15, -0.1) is 0 Å². The van der Waals surface area contributed by atoms with Gasteiger partial charge in [0.15, 0.2) is 0 Å². The maximum atomic E-state index is 11.6. The monoisotopic (exact) mass is 507 g/mol. The molecule has 0 amide bonds. The number of aromatic nitrogens is 4. The first-order chi connectivity index (χ1) is 18.3. The number of aryl methyl sites for hydroxylation is 1. The van der Waals surface area contributed by atoms with E-state index in [2.05, 4.69) is 38.2 Å². The van der Waals surface area contributed by atoms with Crippen molar-refractivity contribution in [2.45, 2.75) is 79.6 Å². The molecule has 3 aliphatic rings. The third-order valence-electron chi connectivity index (χ3n) is 8.85. The minimum Gasteiger partial charge on any atom is -0.379 e. The van der Waals surface area contributed by atoms with Crippen molar-refractivity contribution in [1.29, 1.82) is 0 Å². The van der Waals surface area contributed by atoms with E-state index in [4.69, 9.17) is 52.1 Å². The number of nitrogens with zero attached hydrogens (tertiary/aromatic N) is 5. The van der Waals surface area contributed by atoms with Crippen LogP contribution in [0.3, 0.4) is 0 Å². The molecule has 8 nitrogen and oxygen atoms in total. The van der Waals surface area contributed by atoms with Crippen LogP contribution in [0.1, 0.15) is 56.7 Å². The third-order valence-corrected chi connectivity index (χ3v) is 8.85. The first kappa shape index (κ1) is 26.9. The first-order valence-corrected chi connectivity index (χ1v) is 13.5. The summed E-state index contributed by atoms with van der Waals surface area (Å²) in [7, 11) is 38.6. The van der Waals surface area contributed by atoms with Crippen molar-refractivity contribution in [2.75, 3.05) is 10.2 Å². The number of aliphatic hydroxyl groups is 1. The fourth-order valence-corrected chi connectivity index (χ4v) is 6.39. The predicted molar refractivity (Wildman–Crippen MR) is 158 cm³/mol. The van der Waals surface area contributed by atoms with Gasteiger partial charge in [0.1, 0.15) is 27.2 Å². The van der Waals surface area contributed by atoms with Crippen molar-refractivity contribution >= 4 is 75.6 Å². The fraction of sp³-hybridized carbons (Fsp3) is 0.560. The Labute approximate surface area is 237 Å². The van der Waals surface area contributed by atoms with E-state index >= 15 is 0 Å². The minimum atomic E-state index is -2.24. The highest BCUT2D eigenvalue weighted by Gasteiger charge is 2.62. The maximum Gasteiger partial charge on any atom is 0.230 e. The molecule has 14 heteroatoms. The van der Waals surface area contributed by atoms with Crippen LogP contribution in [0.4, 0.5) is 17.5 Å². The highest BCUT2D eigenvalue weighted by atomic mass is 16.3. The molecule has 2 atom stereocenters. The molecule has 3 fully saturated rings. The lowest BCUT2D eigenvalue weighted by Crippen LogP contribution is -2.93. The molecule has 0 spiro atoms. The zero-order valence-corrected chi connectivity index (χ0v) is 22.1. The number of fused-ring (bicyclic) bond motifs is 1. The molecule has 1 aliphatic heterocycles. The van der Waals surface area contributed by atoms with E-state index in [9.17, 15) is 5.11 Å². The van der Waals surface area contributed by atoms with E-state index in [1.165, 1.54) is 24.7 Å². The SMILES string of the molecule is [B]C1([B])NC([B])(C2CCC2)C([B])(O)N(c2ccc(Nc3ncc4cc(C)n(C5CCCC5)c4n3)nc2)C1([B])[B]. The van der Waals surface area contributed by atoms with Gasteiger partial charge in [-0.05, 0) is 67.4 Å². The van der Waals surface area contributed by atoms with E-state index in [-0.39, 0.29) is 11.6 Å². The molecule has 2 aliphatic carbocycles. The third kappa shape index (κ3) is 4.07. The molecule has 2 unspecified atom stereocenters. The summed E-state index contributed by atoms with van der Waals surface area (Å²) in [4.78, 5) is 14.9. The Kier molecular flexibility index (Phi) is 6.27. The second-order valence-corrected chi connectivity index (χ2v) is 11.5. The average Bonchev–Trinajstić information content (AvgIpc) is 3.44. The Balaban J connectivity index is 1.30. The molecule has 0 aromatic carbocycles. The van der Waals surface area contributed by atoms with Gasteiger partial charge in [-0.1, -0.05) is 19.3 Å². The Morgan fingerprint density at radius 3 is 2.31 bits per heavy atom. The molecule has 1 saturated heterocycles. The van der Waals surface area contributed by atoms with Crippen LogP contribution >= 0.6 is 0 Å². The summed E-state index contributed by atoms with van der Waals surface area (Å²) in [6.07, 6.45) is 10.5. The average molecular weight is 506 g/mol. The van der Waals surface area contributed by atoms with Crippen LogP contribution in [0.25, 0.3) is 11.0 Å². The van der Waals surface area contributed by atoms with Crippen LogP contribution in [0.15, 0.2) is 30.6 Å². The number of anilines is 3. The van der Waals surface area contributed by atoms with Gasteiger partial charge in [0.05, 0.1) is 48.9 Å². The normalized spacial score (nSPS) is 28.9. The van der Waals surface area contributed by atoms with Crippen LogP contribution in [-0.4, -0.2) is 93.4 Å². The van der Waals surface area contributed by atoms with E-state index < -0.39 is 21.7 Å². The van der Waals surface area contributed by atoms with Crippen LogP contribution in [-0.2, 0) is 0 Å². The Morgan fingerprint density at radius 1 is 0.974 bits per heavy atom. The molecule has 3 N–H and O–H groups in total. The topological polar surface area (TPSA) is 91.1 Å². The number of pyridine rings is 1. The van der Waals surface area contributed by atoms with Crippen LogP contribution < -0.4 is 15.5 Å². The molecule has 186 valence electrons. The second-order valence-electron chi connectivity index (χ2n) is 11.5. The number of piperazine rings is 1. The zero-order valence-electron chi connectivity index (χ0n) is 22.1. The second kappa shape index (κ2) is 9.10. The summed E-state index contributed by atoms with van der Waals surface area (Å²) >= 11 is 0. The number of hydrogen-bond acceptors (Lipinski definition) is 7. The van der Waals surface area contributed by atoms with Crippen molar-refractivity contribution in [3.05, 3.63) is 36.3 Å². The summed E-state index contributed by atoms with van der Waals surface area (Å²) in [6.45, 7) is 2.11. The highest BCUT2D eigenvalue weighted by molar-refractivity contribution is 6.56. The van der Waals surface area contributed by atoms with Crippen molar-refractivity contribution in [3.8, 4) is 0 Å². The first-order valence-electron chi connectivity index (χ1n) is 13.5. The number of hydrogen-bond donors (Lipinski definition) is 3. The van der Waals surface area contributed by atoms with Gasteiger partial charge >= 0.3 is 0 Å². The zero-order chi connectivity index (χ0) is 27.8. The Bertz CT molecular complexity index is 1390. The lowest BCUT2D eigenvalue weighted by molar-refractivity contribution is -0.0246. The predicted octanol–water partition coefficient (Wildman–Crippen LogP) is 0.864. The Morgan fingerprint density at radius 2 is 1.69 bits per heavy atom. The van der Waals surface area contributed by atoms with Crippen LogP contribution in [0, 0.1) is 12.8 Å². The molecule has 6 rings (SSSR count). The number of nitrogens with one attached hydrogen (secondary N) is 2. The molecule has 39 heavy (non-hydrogen) atoms. The summed E-state index contributed by atoms with van der Waals surface area (Å²) in [5.74, 6) is 0.692. The van der Waals surface area contributed by atoms with Crippen molar-refractivity contribution in [2.24, 2.45) is 5.92 Å². The van der Waals surface area contributed by atoms with Gasteiger partial charge in [-0.2, -0.15) is 4.98 Å². The van der Waals surface area contributed by atoms with Crippen molar-refractivity contribution in [3.63, 3.8) is 0 Å². The molecule has 3 aromatic heterocycles. The van der Waals surface area contributed by atoms with Gasteiger partial charge < -0.3 is 25.2 Å². The molecule has 4 heterocycles. The molecule has 12 radical (unpaired) electrons. The van der Waals surface area contributed by atoms with Crippen molar-refractivity contribution < 1.29 is 5.11 Å². The smallest absolute Gasteiger partial charge is 0.230 e. The lowest BCUT2D eigenvalue weighted by Gasteiger charge is -2.72. The van der Waals surface area contributed by atoms with E-state index in [1.54, 1.807) is 12.1 Å². The minimum absolute atomic E-state index is 0.189. The maximum absolute atomic E-state index is 11.6. The van der Waals surface area contributed by atoms with E-state index in [1.807, 2.05) is 6.20 Å². The van der Waals surface area contributed by atoms with Crippen LogP contribution in [0.2, 0.25) is 0 Å². The van der Waals surface area contributed by atoms with Gasteiger partial charge in [-0.3, -0.25) is 0 Å². The molecule has 3 aromatic rings. The summed E-state index contributed by atoms with van der Waals surface area (Å²) < 4.78 is 2.31. The summed E-state index contributed by atoms with van der Waals surface area (Å²) in [5, 5.41) is 14.7. The molecular weight excluding hydrogens is 479 g/mol. The summed E-state index contributed by atoms with van der Waals surface area (Å²) in [5.41, 5.74) is -1.46. The van der Waals surface area contributed by atoms with Crippen LogP contribution in [0.5, 0.6) is 0 Å².